The Morgan fingerprint density at radius 1 is 1.46 bits per heavy atom. The molecule has 1 N–H and O–H groups in total. The van der Waals surface area contributed by atoms with Gasteiger partial charge >= 0.3 is 0 Å². The number of imidazole rings is 1. The van der Waals surface area contributed by atoms with Crippen LogP contribution in [-0.4, -0.2) is 48.4 Å². The van der Waals surface area contributed by atoms with E-state index in [1.165, 1.54) is 6.07 Å². The Morgan fingerprint density at radius 3 is 3.04 bits per heavy atom. The fourth-order valence-electron chi connectivity index (χ4n) is 2.89. The number of nitrogens with one attached hydrogen (secondary N) is 1. The average Bonchev–Trinajstić information content (AvgIpc) is 3.26. The molecule has 2 aromatic heterocycles. The van der Waals surface area contributed by atoms with E-state index in [-0.39, 0.29) is 16.7 Å². The maximum atomic E-state index is 12.3. The van der Waals surface area contributed by atoms with Crippen LogP contribution in [0.1, 0.15) is 12.8 Å². The molecular weight excluding hydrogens is 348 g/mol. The molecule has 1 atom stereocenters. The van der Waals surface area contributed by atoms with Crippen LogP contribution in [0.2, 0.25) is 0 Å². The lowest BCUT2D eigenvalue weighted by Gasteiger charge is -2.33. The first kappa shape index (κ1) is 17.1. The maximum Gasteiger partial charge on any atom is 0.250 e. The van der Waals surface area contributed by atoms with Crippen LogP contribution in [0.25, 0.3) is 0 Å². The predicted octanol–water partition coefficient (Wildman–Crippen LogP) is 1.16. The number of aromatic nitrogens is 2. The number of nitrogens with zero attached hydrogens (tertiary/aromatic N) is 3. The van der Waals surface area contributed by atoms with Gasteiger partial charge in [0.05, 0.1) is 12.9 Å². The standard InChI is InChI=1S/C15H20N4O3S2/c20-14(9-17-24(21,22)15-4-2-8-23-15)19-6-1-3-13(11-19)10-18-7-5-16-12-18/h2,4-5,7-8,12-13,17H,1,3,6,9-11H2/t13-/m1/s1. The third-order valence-corrected chi connectivity index (χ3v) is 6.87. The van der Waals surface area contributed by atoms with Gasteiger partial charge < -0.3 is 9.47 Å². The number of sulfonamides is 1. The molecule has 0 aromatic carbocycles. The first-order valence-corrected chi connectivity index (χ1v) is 10.2. The highest BCUT2D eigenvalue weighted by Gasteiger charge is 2.25. The highest BCUT2D eigenvalue weighted by molar-refractivity contribution is 7.91. The van der Waals surface area contributed by atoms with E-state index in [2.05, 4.69) is 9.71 Å². The van der Waals surface area contributed by atoms with E-state index in [1.807, 2.05) is 10.8 Å². The molecule has 0 saturated carbocycles. The fraction of sp³-hybridized carbons (Fsp3) is 0.467. The number of likely N-dealkylation sites (tertiary alicyclic amines) is 1. The van der Waals surface area contributed by atoms with Gasteiger partial charge in [-0.3, -0.25) is 4.79 Å². The molecule has 1 aliphatic rings. The number of amides is 1. The van der Waals surface area contributed by atoms with E-state index >= 15 is 0 Å². The first-order chi connectivity index (χ1) is 11.5. The summed E-state index contributed by atoms with van der Waals surface area (Å²) in [5.74, 6) is 0.191. The Kier molecular flexibility index (Phi) is 5.32. The van der Waals surface area contributed by atoms with Crippen molar-refractivity contribution in [1.29, 1.82) is 0 Å². The fourth-order valence-corrected chi connectivity index (χ4v) is 4.90. The van der Waals surface area contributed by atoms with Crippen LogP contribution >= 0.6 is 11.3 Å². The van der Waals surface area contributed by atoms with Crippen LogP contribution in [0.15, 0.2) is 40.4 Å². The molecular formula is C15H20N4O3S2. The zero-order valence-corrected chi connectivity index (χ0v) is 14.8. The molecule has 0 aliphatic carbocycles. The lowest BCUT2D eigenvalue weighted by atomic mass is 9.98. The van der Waals surface area contributed by atoms with E-state index in [4.69, 9.17) is 0 Å². The molecule has 1 amide bonds. The van der Waals surface area contributed by atoms with Crippen molar-refractivity contribution in [2.75, 3.05) is 19.6 Å². The summed E-state index contributed by atoms with van der Waals surface area (Å²) in [4.78, 5) is 18.1. The van der Waals surface area contributed by atoms with Crippen LogP contribution in [0.3, 0.4) is 0 Å². The van der Waals surface area contributed by atoms with Gasteiger partial charge in [0.25, 0.3) is 10.0 Å². The summed E-state index contributed by atoms with van der Waals surface area (Å²) in [5.41, 5.74) is 0. The van der Waals surface area contributed by atoms with Crippen LogP contribution < -0.4 is 4.72 Å². The van der Waals surface area contributed by atoms with Crippen molar-refractivity contribution >= 4 is 27.3 Å². The number of hydrogen-bond acceptors (Lipinski definition) is 5. The third kappa shape index (κ3) is 4.22. The Labute approximate surface area is 145 Å². The minimum atomic E-state index is -3.60. The number of piperidine rings is 1. The van der Waals surface area contributed by atoms with Gasteiger partial charge in [-0.2, -0.15) is 0 Å². The second-order valence-corrected chi connectivity index (χ2v) is 8.81. The van der Waals surface area contributed by atoms with Crippen molar-refractivity contribution in [3.05, 3.63) is 36.2 Å². The van der Waals surface area contributed by atoms with E-state index in [1.54, 1.807) is 28.9 Å². The van der Waals surface area contributed by atoms with Gasteiger partial charge in [-0.25, -0.2) is 18.1 Å². The van der Waals surface area contributed by atoms with E-state index in [9.17, 15) is 13.2 Å². The summed E-state index contributed by atoms with van der Waals surface area (Å²) >= 11 is 1.14. The van der Waals surface area contributed by atoms with Gasteiger partial charge in [0.1, 0.15) is 4.21 Å². The van der Waals surface area contributed by atoms with Crippen LogP contribution in [0.5, 0.6) is 0 Å². The molecule has 24 heavy (non-hydrogen) atoms. The Bertz CT molecular complexity index is 757. The smallest absolute Gasteiger partial charge is 0.250 e. The van der Waals surface area contributed by atoms with E-state index in [0.717, 1.165) is 30.7 Å². The second kappa shape index (κ2) is 7.45. The van der Waals surface area contributed by atoms with Gasteiger partial charge in [0.2, 0.25) is 5.91 Å². The monoisotopic (exact) mass is 368 g/mol. The lowest BCUT2D eigenvalue weighted by molar-refractivity contribution is -0.131. The Morgan fingerprint density at radius 2 is 2.33 bits per heavy atom. The van der Waals surface area contributed by atoms with Crippen LogP contribution in [0.4, 0.5) is 0 Å². The molecule has 0 bridgehead atoms. The summed E-state index contributed by atoms with van der Waals surface area (Å²) in [6, 6.07) is 3.20. The van der Waals surface area contributed by atoms with Crippen molar-refractivity contribution in [2.24, 2.45) is 5.92 Å². The molecule has 1 aliphatic heterocycles. The third-order valence-electron chi connectivity index (χ3n) is 4.07. The average molecular weight is 368 g/mol. The lowest BCUT2D eigenvalue weighted by Crippen LogP contribution is -2.45. The summed E-state index contributed by atoms with van der Waals surface area (Å²) < 4.78 is 28.8. The number of thiophene rings is 1. The van der Waals surface area contributed by atoms with E-state index in [0.29, 0.717) is 19.0 Å². The normalized spacial score (nSPS) is 18.7. The minimum Gasteiger partial charge on any atom is -0.341 e. The topological polar surface area (TPSA) is 84.3 Å². The number of carbonyl (C=O) groups excluding carboxylic acids is 1. The maximum absolute atomic E-state index is 12.3. The molecule has 3 heterocycles. The number of rotatable bonds is 6. The molecule has 7 nitrogen and oxygen atoms in total. The van der Waals surface area contributed by atoms with Crippen LogP contribution in [0, 0.1) is 5.92 Å². The van der Waals surface area contributed by atoms with E-state index < -0.39 is 10.0 Å². The molecule has 1 fully saturated rings. The Hall–Kier alpha value is -1.71. The highest BCUT2D eigenvalue weighted by atomic mass is 32.2. The molecule has 1 saturated heterocycles. The van der Waals surface area contributed by atoms with Crippen molar-refractivity contribution in [1.82, 2.24) is 19.2 Å². The molecule has 0 unspecified atom stereocenters. The molecule has 130 valence electrons. The summed E-state index contributed by atoms with van der Waals surface area (Å²) in [7, 11) is -3.60. The van der Waals surface area contributed by atoms with Gasteiger partial charge in [-0.05, 0) is 30.2 Å². The zero-order valence-electron chi connectivity index (χ0n) is 13.2. The number of carbonyl (C=O) groups is 1. The SMILES string of the molecule is O=C(CNS(=O)(=O)c1cccs1)N1CCC[C@H](Cn2ccnc2)C1. The minimum absolute atomic E-state index is 0.175. The predicted molar refractivity (Wildman–Crippen MR) is 91.0 cm³/mol. The van der Waals surface area contributed by atoms with Crippen LogP contribution in [-0.2, 0) is 21.4 Å². The molecule has 0 radical (unpaired) electrons. The molecule has 2 aromatic rings. The van der Waals surface area contributed by atoms with Gasteiger partial charge in [-0.15, -0.1) is 11.3 Å². The first-order valence-electron chi connectivity index (χ1n) is 7.81. The quantitative estimate of drug-likeness (QED) is 0.829. The number of hydrogen-bond donors (Lipinski definition) is 1. The van der Waals surface area contributed by atoms with Gasteiger partial charge in [-0.1, -0.05) is 6.07 Å². The molecule has 3 rings (SSSR count). The van der Waals surface area contributed by atoms with Gasteiger partial charge in [0, 0.05) is 32.0 Å². The summed E-state index contributed by atoms with van der Waals surface area (Å²) in [6.45, 7) is 1.96. The second-order valence-electron chi connectivity index (χ2n) is 5.86. The van der Waals surface area contributed by atoms with Gasteiger partial charge in [0.15, 0.2) is 0 Å². The Balaban J connectivity index is 1.53. The highest BCUT2D eigenvalue weighted by Crippen LogP contribution is 2.19. The van der Waals surface area contributed by atoms with Crippen molar-refractivity contribution in [3.63, 3.8) is 0 Å². The molecule has 9 heteroatoms. The van der Waals surface area contributed by atoms with Crippen molar-refractivity contribution in [2.45, 2.75) is 23.6 Å². The summed E-state index contributed by atoms with van der Waals surface area (Å²) in [5, 5.41) is 1.70. The van der Waals surface area contributed by atoms with Crippen molar-refractivity contribution in [3.8, 4) is 0 Å². The largest absolute Gasteiger partial charge is 0.341 e. The zero-order chi connectivity index (χ0) is 17.0. The molecule has 0 spiro atoms. The summed E-state index contributed by atoms with van der Waals surface area (Å²) in [6.07, 6.45) is 7.42. The van der Waals surface area contributed by atoms with Crippen molar-refractivity contribution < 1.29 is 13.2 Å².